The highest BCUT2D eigenvalue weighted by molar-refractivity contribution is 5.21. The minimum atomic E-state index is 0.329. The Balaban J connectivity index is 3.02. The van der Waals surface area contributed by atoms with Crippen molar-refractivity contribution in [2.75, 3.05) is 0 Å². The van der Waals surface area contributed by atoms with Crippen LogP contribution < -0.4 is 0 Å². The second-order valence-corrected chi connectivity index (χ2v) is 5.42. The van der Waals surface area contributed by atoms with E-state index in [9.17, 15) is 0 Å². The molecule has 1 radical (unpaired) electrons. The summed E-state index contributed by atoms with van der Waals surface area (Å²) in [6, 6.07) is 11.5. The largest absolute Gasteiger partial charge is 0.0622 e. The van der Waals surface area contributed by atoms with Crippen LogP contribution in [0.5, 0.6) is 0 Å². The lowest BCUT2D eigenvalue weighted by Gasteiger charge is -2.34. The SMILES string of the molecule is CC(C)C(c1cc[c]cc1)C(C)(C)C. The summed E-state index contributed by atoms with van der Waals surface area (Å²) in [5, 5.41) is 0. The summed E-state index contributed by atoms with van der Waals surface area (Å²) in [4.78, 5) is 0. The zero-order valence-corrected chi connectivity index (χ0v) is 9.96. The van der Waals surface area contributed by atoms with Crippen LogP contribution in [-0.4, -0.2) is 0 Å². The van der Waals surface area contributed by atoms with Gasteiger partial charge in [-0.15, -0.1) is 0 Å². The molecular formula is C14H21. The van der Waals surface area contributed by atoms with Crippen molar-refractivity contribution in [3.05, 3.63) is 35.9 Å². The fraction of sp³-hybridized carbons (Fsp3) is 0.571. The number of rotatable bonds is 2. The summed E-state index contributed by atoms with van der Waals surface area (Å²) in [6.45, 7) is 11.5. The van der Waals surface area contributed by atoms with E-state index >= 15 is 0 Å². The first-order valence-electron chi connectivity index (χ1n) is 5.39. The van der Waals surface area contributed by atoms with E-state index in [0.29, 0.717) is 17.3 Å². The van der Waals surface area contributed by atoms with E-state index in [1.165, 1.54) is 5.56 Å². The molecule has 0 nitrogen and oxygen atoms in total. The van der Waals surface area contributed by atoms with Gasteiger partial charge in [0.1, 0.15) is 0 Å². The van der Waals surface area contributed by atoms with Gasteiger partial charge in [-0.25, -0.2) is 0 Å². The topological polar surface area (TPSA) is 0 Å². The molecule has 0 bridgehead atoms. The molecule has 0 aliphatic rings. The molecule has 0 heteroatoms. The Morgan fingerprint density at radius 3 is 1.93 bits per heavy atom. The highest BCUT2D eigenvalue weighted by atomic mass is 14.3. The van der Waals surface area contributed by atoms with E-state index in [1.807, 2.05) is 12.1 Å². The monoisotopic (exact) mass is 189 g/mol. The van der Waals surface area contributed by atoms with Gasteiger partial charge in [0.2, 0.25) is 0 Å². The van der Waals surface area contributed by atoms with Crippen molar-refractivity contribution < 1.29 is 0 Å². The molecule has 0 N–H and O–H groups in total. The zero-order valence-electron chi connectivity index (χ0n) is 9.96. The molecule has 1 aromatic carbocycles. The molecular weight excluding hydrogens is 168 g/mol. The third kappa shape index (κ3) is 2.60. The van der Waals surface area contributed by atoms with Gasteiger partial charge < -0.3 is 0 Å². The quantitative estimate of drug-likeness (QED) is 0.651. The summed E-state index contributed by atoms with van der Waals surface area (Å²) < 4.78 is 0. The molecule has 77 valence electrons. The zero-order chi connectivity index (χ0) is 10.8. The van der Waals surface area contributed by atoms with Gasteiger partial charge in [0, 0.05) is 0 Å². The molecule has 14 heavy (non-hydrogen) atoms. The standard InChI is InChI=1S/C14H21/c1-11(2)13(14(3,4)5)12-9-7-6-8-10-12/h7-11,13H,1-5H3. The molecule has 0 saturated carbocycles. The summed E-state index contributed by atoms with van der Waals surface area (Å²) >= 11 is 0. The fourth-order valence-corrected chi connectivity index (χ4v) is 2.49. The number of hydrogen-bond donors (Lipinski definition) is 0. The third-order valence-corrected chi connectivity index (χ3v) is 2.70. The van der Waals surface area contributed by atoms with E-state index in [1.54, 1.807) is 0 Å². The van der Waals surface area contributed by atoms with Crippen LogP contribution in [0.3, 0.4) is 0 Å². The normalized spacial score (nSPS) is 14.4. The maximum atomic E-state index is 3.08. The van der Waals surface area contributed by atoms with E-state index in [-0.39, 0.29) is 0 Å². The molecule has 0 aromatic heterocycles. The van der Waals surface area contributed by atoms with Crippen molar-refractivity contribution in [2.45, 2.75) is 40.5 Å². The Labute approximate surface area is 88.4 Å². The van der Waals surface area contributed by atoms with Crippen molar-refractivity contribution in [1.29, 1.82) is 0 Å². The van der Waals surface area contributed by atoms with Crippen LogP contribution in [-0.2, 0) is 0 Å². The second kappa shape index (κ2) is 4.16. The Hall–Kier alpha value is -0.780. The molecule has 0 aliphatic carbocycles. The maximum absolute atomic E-state index is 3.08. The highest BCUT2D eigenvalue weighted by Gasteiger charge is 2.28. The fourth-order valence-electron chi connectivity index (χ4n) is 2.49. The summed E-state index contributed by atoms with van der Waals surface area (Å²) in [5.74, 6) is 1.30. The van der Waals surface area contributed by atoms with Crippen LogP contribution in [0, 0.1) is 17.4 Å². The lowest BCUT2D eigenvalue weighted by molar-refractivity contribution is 0.258. The molecule has 0 amide bonds. The summed E-state index contributed by atoms with van der Waals surface area (Å²) in [5.41, 5.74) is 1.77. The second-order valence-electron chi connectivity index (χ2n) is 5.42. The Kier molecular flexibility index (Phi) is 3.36. The Morgan fingerprint density at radius 1 is 1.07 bits per heavy atom. The van der Waals surface area contributed by atoms with Crippen molar-refractivity contribution in [1.82, 2.24) is 0 Å². The van der Waals surface area contributed by atoms with Crippen molar-refractivity contribution in [3.63, 3.8) is 0 Å². The third-order valence-electron chi connectivity index (χ3n) is 2.70. The molecule has 0 fully saturated rings. The van der Waals surface area contributed by atoms with Crippen molar-refractivity contribution >= 4 is 0 Å². The van der Waals surface area contributed by atoms with Crippen molar-refractivity contribution in [2.24, 2.45) is 11.3 Å². The van der Waals surface area contributed by atoms with Crippen LogP contribution in [0.1, 0.15) is 46.1 Å². The van der Waals surface area contributed by atoms with Gasteiger partial charge >= 0.3 is 0 Å². The average Bonchev–Trinajstić information content (AvgIpc) is 2.02. The first kappa shape index (κ1) is 11.3. The van der Waals surface area contributed by atoms with Gasteiger partial charge in [0.05, 0.1) is 0 Å². The van der Waals surface area contributed by atoms with Crippen molar-refractivity contribution in [3.8, 4) is 0 Å². The van der Waals surface area contributed by atoms with Crippen LogP contribution >= 0.6 is 0 Å². The minimum Gasteiger partial charge on any atom is -0.0622 e. The summed E-state index contributed by atoms with van der Waals surface area (Å²) in [7, 11) is 0. The van der Waals surface area contributed by atoms with Gasteiger partial charge in [-0.1, -0.05) is 58.9 Å². The summed E-state index contributed by atoms with van der Waals surface area (Å²) in [6.07, 6.45) is 0. The molecule has 0 saturated heterocycles. The molecule has 1 atom stereocenters. The Bertz CT molecular complexity index is 264. The van der Waals surface area contributed by atoms with Gasteiger partial charge in [-0.05, 0) is 28.9 Å². The first-order valence-corrected chi connectivity index (χ1v) is 5.39. The highest BCUT2D eigenvalue weighted by Crippen LogP contribution is 2.40. The molecule has 0 spiro atoms. The van der Waals surface area contributed by atoms with Gasteiger partial charge in [-0.2, -0.15) is 0 Å². The van der Waals surface area contributed by atoms with E-state index in [0.717, 1.165) is 0 Å². The molecule has 0 heterocycles. The minimum absolute atomic E-state index is 0.329. The average molecular weight is 189 g/mol. The smallest absolute Gasteiger partial charge is 0.00902 e. The van der Waals surface area contributed by atoms with E-state index in [2.05, 4.69) is 52.8 Å². The number of hydrogen-bond acceptors (Lipinski definition) is 0. The van der Waals surface area contributed by atoms with Crippen LogP contribution in [0.25, 0.3) is 0 Å². The predicted molar refractivity (Wildman–Crippen MR) is 62.3 cm³/mol. The molecule has 1 rings (SSSR count). The van der Waals surface area contributed by atoms with E-state index in [4.69, 9.17) is 0 Å². The van der Waals surface area contributed by atoms with Gasteiger partial charge in [0.15, 0.2) is 0 Å². The van der Waals surface area contributed by atoms with Crippen LogP contribution in [0.15, 0.2) is 24.3 Å². The molecule has 0 aliphatic heterocycles. The van der Waals surface area contributed by atoms with Crippen LogP contribution in [0.4, 0.5) is 0 Å². The van der Waals surface area contributed by atoms with Gasteiger partial charge in [-0.3, -0.25) is 0 Å². The van der Waals surface area contributed by atoms with Gasteiger partial charge in [0.25, 0.3) is 0 Å². The van der Waals surface area contributed by atoms with E-state index < -0.39 is 0 Å². The maximum Gasteiger partial charge on any atom is -0.00902 e. The Morgan fingerprint density at radius 2 is 1.57 bits per heavy atom. The first-order chi connectivity index (χ1) is 6.43. The lowest BCUT2D eigenvalue weighted by Crippen LogP contribution is -2.23. The lowest BCUT2D eigenvalue weighted by atomic mass is 9.71. The predicted octanol–water partition coefficient (Wildman–Crippen LogP) is 4.27. The van der Waals surface area contributed by atoms with Crippen LogP contribution in [0.2, 0.25) is 0 Å². The molecule has 1 aromatic rings. The molecule has 1 unspecified atom stereocenters. The number of benzene rings is 1.